The average molecular weight is 625 g/mol. The number of anilines is 2. The summed E-state index contributed by atoms with van der Waals surface area (Å²) < 4.78 is 40.1. The number of benzene rings is 3. The number of phenolic OH excluding ortho intramolecular Hbond substituents is 1. The molecule has 2 aliphatic rings. The lowest BCUT2D eigenvalue weighted by molar-refractivity contribution is -0.140. The number of hydrogen-bond acceptors (Lipinski definition) is 8. The van der Waals surface area contributed by atoms with Crippen molar-refractivity contribution in [3.8, 4) is 11.5 Å². The van der Waals surface area contributed by atoms with Gasteiger partial charge in [-0.05, 0) is 47.2 Å². The Kier molecular flexibility index (Phi) is 8.45. The molecule has 11 heteroatoms. The molecule has 1 aliphatic heterocycles. The van der Waals surface area contributed by atoms with Gasteiger partial charge < -0.3 is 19.9 Å². The number of esters is 1. The van der Waals surface area contributed by atoms with E-state index in [0.717, 1.165) is 9.87 Å². The Balaban J connectivity index is 1.68. The van der Waals surface area contributed by atoms with Gasteiger partial charge in [0.15, 0.2) is 5.78 Å². The Bertz CT molecular complexity index is 1700. The van der Waals surface area contributed by atoms with Gasteiger partial charge in [-0.15, -0.1) is 0 Å². The molecular formula is C32H33ClN2O7S. The van der Waals surface area contributed by atoms with Crippen LogP contribution in [0.25, 0.3) is 0 Å². The molecule has 0 spiro atoms. The van der Waals surface area contributed by atoms with E-state index in [4.69, 9.17) is 21.1 Å². The molecule has 0 bridgehead atoms. The number of ketones is 1. The van der Waals surface area contributed by atoms with Gasteiger partial charge in [-0.1, -0.05) is 67.9 Å². The van der Waals surface area contributed by atoms with Crippen molar-refractivity contribution in [1.82, 2.24) is 0 Å². The van der Waals surface area contributed by atoms with Gasteiger partial charge in [0, 0.05) is 22.7 Å². The van der Waals surface area contributed by atoms with Crippen molar-refractivity contribution in [2.45, 2.75) is 45.8 Å². The first-order chi connectivity index (χ1) is 20.4. The highest BCUT2D eigenvalue weighted by Gasteiger charge is 2.46. The van der Waals surface area contributed by atoms with Gasteiger partial charge in [0.05, 0.1) is 25.0 Å². The van der Waals surface area contributed by atoms with Crippen molar-refractivity contribution in [2.24, 2.45) is 5.41 Å². The Hall–Kier alpha value is -4.02. The summed E-state index contributed by atoms with van der Waals surface area (Å²) in [6.45, 7) is 4.21. The first-order valence-corrected chi connectivity index (χ1v) is 15.8. The molecule has 1 unspecified atom stereocenters. The minimum atomic E-state index is -4.31. The van der Waals surface area contributed by atoms with E-state index in [0.29, 0.717) is 30.0 Å². The van der Waals surface area contributed by atoms with Crippen LogP contribution >= 0.6 is 11.6 Å². The Morgan fingerprint density at radius 3 is 2.53 bits per heavy atom. The molecule has 0 aromatic heterocycles. The fourth-order valence-corrected chi connectivity index (χ4v) is 7.46. The molecule has 0 amide bonds. The molecule has 226 valence electrons. The molecule has 5 rings (SSSR count). The third-order valence-corrected chi connectivity index (χ3v) is 9.62. The monoisotopic (exact) mass is 624 g/mol. The SMILES string of the molecule is COC(=O)CCS(=O)(=O)N1c2cccc(O)c2NC2=C(C(=O)CC(C)(C)C2)C1c1ccc(OCc2ccccc2)cc1Cl. The van der Waals surface area contributed by atoms with Crippen LogP contribution in [0.1, 0.15) is 50.3 Å². The number of sulfonamides is 1. The summed E-state index contributed by atoms with van der Waals surface area (Å²) in [7, 11) is -3.13. The van der Waals surface area contributed by atoms with Gasteiger partial charge in [0.25, 0.3) is 0 Å². The number of methoxy groups -OCH3 is 1. The van der Waals surface area contributed by atoms with E-state index < -0.39 is 39.6 Å². The zero-order valence-corrected chi connectivity index (χ0v) is 25.7. The van der Waals surface area contributed by atoms with Crippen LogP contribution in [0.15, 0.2) is 78.0 Å². The van der Waals surface area contributed by atoms with Gasteiger partial charge in [0.2, 0.25) is 10.0 Å². The second-order valence-electron chi connectivity index (χ2n) is 11.4. The number of para-hydroxylation sites is 1. The lowest BCUT2D eigenvalue weighted by Gasteiger charge is -2.37. The minimum Gasteiger partial charge on any atom is -0.506 e. The first-order valence-electron chi connectivity index (χ1n) is 13.8. The lowest BCUT2D eigenvalue weighted by atomic mass is 9.73. The summed E-state index contributed by atoms with van der Waals surface area (Å²) in [4.78, 5) is 25.9. The van der Waals surface area contributed by atoms with Crippen LogP contribution in [0.3, 0.4) is 0 Å². The number of allylic oxidation sites excluding steroid dienone is 1. The van der Waals surface area contributed by atoms with Gasteiger partial charge in [-0.3, -0.25) is 13.9 Å². The highest BCUT2D eigenvalue weighted by atomic mass is 35.5. The second kappa shape index (κ2) is 11.9. The molecule has 3 aromatic rings. The second-order valence-corrected chi connectivity index (χ2v) is 13.8. The molecule has 3 aromatic carbocycles. The van der Waals surface area contributed by atoms with Crippen molar-refractivity contribution in [1.29, 1.82) is 0 Å². The van der Waals surface area contributed by atoms with Gasteiger partial charge in [-0.2, -0.15) is 0 Å². The van der Waals surface area contributed by atoms with Crippen LogP contribution < -0.4 is 14.4 Å². The summed E-state index contributed by atoms with van der Waals surface area (Å²) in [5, 5.41) is 14.3. The van der Waals surface area contributed by atoms with Crippen LogP contribution in [0.4, 0.5) is 11.4 Å². The first kappa shape index (κ1) is 30.4. The average Bonchev–Trinajstić information content (AvgIpc) is 3.10. The van der Waals surface area contributed by atoms with E-state index in [9.17, 15) is 23.1 Å². The predicted octanol–water partition coefficient (Wildman–Crippen LogP) is 6.13. The number of phenols is 1. The van der Waals surface area contributed by atoms with Crippen LogP contribution in [0.5, 0.6) is 11.5 Å². The van der Waals surface area contributed by atoms with E-state index in [1.54, 1.807) is 24.3 Å². The van der Waals surface area contributed by atoms with Crippen molar-refractivity contribution >= 4 is 44.8 Å². The highest BCUT2D eigenvalue weighted by Crippen LogP contribution is 2.52. The zero-order valence-electron chi connectivity index (χ0n) is 24.1. The number of Topliss-reactive ketones (excluding diaryl/α,β-unsaturated/α-hetero) is 1. The fourth-order valence-electron chi connectivity index (χ4n) is 5.58. The molecule has 0 fully saturated rings. The van der Waals surface area contributed by atoms with Gasteiger partial charge >= 0.3 is 5.97 Å². The normalized spacial score (nSPS) is 17.8. The molecule has 1 heterocycles. The number of ether oxygens (including phenoxy) is 2. The standard InChI is InChI=1S/C32H33ClN2O7S/c1-32(2)17-24-29(27(37)18-32)31(22-13-12-21(16-23(22)33)42-19-20-8-5-4-6-9-20)35(43(39,40)15-14-28(38)41-3)25-10-7-11-26(36)30(25)34-24/h4-13,16,31,34,36H,14-15,17-19H2,1-3H3. The molecule has 9 nitrogen and oxygen atoms in total. The van der Waals surface area contributed by atoms with E-state index in [-0.39, 0.29) is 39.9 Å². The summed E-state index contributed by atoms with van der Waals surface area (Å²) in [6, 6.07) is 17.9. The maximum atomic E-state index is 14.2. The summed E-state index contributed by atoms with van der Waals surface area (Å²) in [6.07, 6.45) is 0.194. The van der Waals surface area contributed by atoms with Crippen molar-refractivity contribution in [3.05, 3.63) is 94.1 Å². The number of fused-ring (bicyclic) bond motifs is 1. The van der Waals surface area contributed by atoms with E-state index in [2.05, 4.69) is 5.32 Å². The van der Waals surface area contributed by atoms with Crippen LogP contribution in [0, 0.1) is 5.41 Å². The Labute approximate surface area is 256 Å². The fraction of sp³-hybridized carbons (Fsp3) is 0.312. The molecule has 0 saturated heterocycles. The van der Waals surface area contributed by atoms with Gasteiger partial charge in [-0.25, -0.2) is 8.42 Å². The molecule has 43 heavy (non-hydrogen) atoms. The number of carbonyl (C=O) groups excluding carboxylic acids is 2. The summed E-state index contributed by atoms with van der Waals surface area (Å²) in [5.74, 6) is -1.26. The number of nitrogens with one attached hydrogen (secondary N) is 1. The highest BCUT2D eigenvalue weighted by molar-refractivity contribution is 7.92. The van der Waals surface area contributed by atoms with Crippen molar-refractivity contribution < 1.29 is 32.6 Å². The smallest absolute Gasteiger partial charge is 0.306 e. The van der Waals surface area contributed by atoms with E-state index in [1.165, 1.54) is 19.2 Å². The number of carbonyl (C=O) groups is 2. The number of nitrogens with zero attached hydrogens (tertiary/aromatic N) is 1. The maximum absolute atomic E-state index is 14.2. The van der Waals surface area contributed by atoms with Crippen molar-refractivity contribution in [3.63, 3.8) is 0 Å². The van der Waals surface area contributed by atoms with E-state index >= 15 is 0 Å². The molecule has 1 aliphatic carbocycles. The van der Waals surface area contributed by atoms with Crippen molar-refractivity contribution in [2.75, 3.05) is 22.5 Å². The summed E-state index contributed by atoms with van der Waals surface area (Å²) in [5.41, 5.74) is 1.89. The molecule has 1 atom stereocenters. The molecule has 2 N–H and O–H groups in total. The van der Waals surface area contributed by atoms with Crippen LogP contribution in [0.2, 0.25) is 5.02 Å². The number of halogens is 1. The van der Waals surface area contributed by atoms with Crippen LogP contribution in [-0.4, -0.2) is 38.1 Å². The quantitative estimate of drug-likeness (QED) is 0.227. The number of aromatic hydroxyl groups is 1. The van der Waals surface area contributed by atoms with Crippen LogP contribution in [-0.2, 0) is 31.0 Å². The number of hydrogen-bond donors (Lipinski definition) is 2. The molecular weight excluding hydrogens is 592 g/mol. The topological polar surface area (TPSA) is 122 Å². The molecule has 0 radical (unpaired) electrons. The Morgan fingerprint density at radius 2 is 1.84 bits per heavy atom. The third kappa shape index (κ3) is 6.35. The Morgan fingerprint density at radius 1 is 1.09 bits per heavy atom. The number of rotatable bonds is 8. The summed E-state index contributed by atoms with van der Waals surface area (Å²) >= 11 is 6.88. The third-order valence-electron chi connectivity index (χ3n) is 7.57. The largest absolute Gasteiger partial charge is 0.506 e. The van der Waals surface area contributed by atoms with E-state index in [1.807, 2.05) is 44.2 Å². The van der Waals surface area contributed by atoms with Gasteiger partial charge in [0.1, 0.15) is 29.8 Å². The molecule has 0 saturated carbocycles. The predicted molar refractivity (Wildman–Crippen MR) is 165 cm³/mol. The zero-order chi connectivity index (χ0) is 30.9. The minimum absolute atomic E-state index is 0.121. The lowest BCUT2D eigenvalue weighted by Crippen LogP contribution is -2.41. The maximum Gasteiger partial charge on any atom is 0.306 e.